The van der Waals surface area contributed by atoms with Gasteiger partial charge in [0, 0.05) is 31.8 Å². The number of para-hydroxylation sites is 1. The minimum absolute atomic E-state index is 0.0554. The van der Waals surface area contributed by atoms with Gasteiger partial charge in [-0.05, 0) is 31.2 Å². The number of carbonyl (C=O) groups is 1. The zero-order valence-corrected chi connectivity index (χ0v) is 14.8. The van der Waals surface area contributed by atoms with E-state index in [1.54, 1.807) is 17.1 Å². The van der Waals surface area contributed by atoms with Gasteiger partial charge < -0.3 is 10.1 Å². The van der Waals surface area contributed by atoms with Crippen LogP contribution < -0.4 is 10.1 Å². The first kappa shape index (κ1) is 17.6. The molecule has 0 bridgehead atoms. The summed E-state index contributed by atoms with van der Waals surface area (Å²) < 4.78 is 7.51. The Bertz CT molecular complexity index is 849. The third-order valence-corrected chi connectivity index (χ3v) is 3.67. The van der Waals surface area contributed by atoms with Crippen LogP contribution in [0.25, 0.3) is 5.69 Å². The smallest absolute Gasteiger partial charge is 0.217 e. The van der Waals surface area contributed by atoms with E-state index in [-0.39, 0.29) is 18.6 Å². The molecule has 7 nitrogen and oxygen atoms in total. The van der Waals surface area contributed by atoms with E-state index in [9.17, 15) is 4.79 Å². The lowest BCUT2D eigenvalue weighted by Crippen LogP contribution is -2.32. The van der Waals surface area contributed by atoms with E-state index in [1.807, 2.05) is 49.4 Å². The second kappa shape index (κ2) is 8.24. The van der Waals surface area contributed by atoms with E-state index in [0.29, 0.717) is 12.2 Å². The second-order valence-electron chi connectivity index (χ2n) is 5.97. The van der Waals surface area contributed by atoms with E-state index in [1.165, 1.54) is 6.92 Å². The fourth-order valence-corrected chi connectivity index (χ4v) is 2.61. The van der Waals surface area contributed by atoms with Crippen LogP contribution in [0.15, 0.2) is 54.9 Å². The molecule has 7 heteroatoms. The average Bonchev–Trinajstić information content (AvgIpc) is 3.03. The normalized spacial score (nSPS) is 11.8. The third kappa shape index (κ3) is 4.66. The molecule has 0 spiro atoms. The molecule has 0 unspecified atom stereocenters. The number of carbonyl (C=O) groups excluding carboxylic acids is 1. The van der Waals surface area contributed by atoms with Gasteiger partial charge in [-0.1, -0.05) is 18.2 Å². The van der Waals surface area contributed by atoms with E-state index in [2.05, 4.69) is 20.4 Å². The Labute approximate surface area is 152 Å². The minimum Gasteiger partial charge on any atom is -0.486 e. The van der Waals surface area contributed by atoms with Crippen LogP contribution in [0.3, 0.4) is 0 Å². The highest BCUT2D eigenvalue weighted by molar-refractivity contribution is 5.73. The van der Waals surface area contributed by atoms with Crippen molar-refractivity contribution < 1.29 is 9.53 Å². The third-order valence-electron chi connectivity index (χ3n) is 3.67. The van der Waals surface area contributed by atoms with Gasteiger partial charge >= 0.3 is 0 Å². The van der Waals surface area contributed by atoms with Crippen molar-refractivity contribution in [3.05, 3.63) is 66.5 Å². The molecule has 0 fully saturated rings. The monoisotopic (exact) mass is 351 g/mol. The van der Waals surface area contributed by atoms with Crippen LogP contribution >= 0.6 is 0 Å². The number of ether oxygens (including phenoxy) is 1. The summed E-state index contributed by atoms with van der Waals surface area (Å²) in [6.45, 7) is 3.71. The van der Waals surface area contributed by atoms with Crippen molar-refractivity contribution in [3.8, 4) is 11.4 Å². The van der Waals surface area contributed by atoms with Crippen LogP contribution in [0.5, 0.6) is 5.75 Å². The van der Waals surface area contributed by atoms with E-state index in [0.717, 1.165) is 17.3 Å². The first-order valence-corrected chi connectivity index (χ1v) is 8.42. The van der Waals surface area contributed by atoms with Gasteiger partial charge in [-0.3, -0.25) is 9.78 Å². The molecule has 1 aromatic carbocycles. The van der Waals surface area contributed by atoms with Crippen molar-refractivity contribution >= 4 is 5.91 Å². The van der Waals surface area contributed by atoms with Gasteiger partial charge in [-0.2, -0.15) is 0 Å². The Morgan fingerprint density at radius 3 is 2.62 bits per heavy atom. The molecule has 1 amide bonds. The number of hydrogen-bond donors (Lipinski definition) is 1. The van der Waals surface area contributed by atoms with Gasteiger partial charge in [0.2, 0.25) is 5.91 Å². The molecular weight excluding hydrogens is 330 g/mol. The summed E-state index contributed by atoms with van der Waals surface area (Å²) in [5.41, 5.74) is 0.864. The van der Waals surface area contributed by atoms with E-state index in [4.69, 9.17) is 4.74 Å². The maximum atomic E-state index is 11.3. The minimum atomic E-state index is -0.0693. The van der Waals surface area contributed by atoms with Crippen LogP contribution in [0.1, 0.15) is 25.5 Å². The SMILES string of the molecule is CC(=O)N[C@@H](C)Cc1nc(COc2ccccc2)nn1-c1ccncc1. The molecule has 2 aromatic heterocycles. The van der Waals surface area contributed by atoms with Crippen molar-refractivity contribution in [3.63, 3.8) is 0 Å². The maximum absolute atomic E-state index is 11.3. The molecule has 0 saturated carbocycles. The molecule has 26 heavy (non-hydrogen) atoms. The first-order valence-electron chi connectivity index (χ1n) is 8.42. The molecule has 3 rings (SSSR count). The zero-order chi connectivity index (χ0) is 18.4. The molecular formula is C19H21N5O2. The van der Waals surface area contributed by atoms with E-state index < -0.39 is 0 Å². The Kier molecular flexibility index (Phi) is 5.58. The van der Waals surface area contributed by atoms with Crippen LogP contribution in [-0.2, 0) is 17.8 Å². The number of aromatic nitrogens is 4. The number of hydrogen-bond acceptors (Lipinski definition) is 5. The van der Waals surface area contributed by atoms with Crippen LogP contribution in [0.2, 0.25) is 0 Å². The van der Waals surface area contributed by atoms with Crippen LogP contribution in [-0.4, -0.2) is 31.7 Å². The molecule has 134 valence electrons. The summed E-state index contributed by atoms with van der Waals surface area (Å²) >= 11 is 0. The Hall–Kier alpha value is -3.22. The molecule has 0 radical (unpaired) electrons. The lowest BCUT2D eigenvalue weighted by molar-refractivity contribution is -0.119. The second-order valence-corrected chi connectivity index (χ2v) is 5.97. The molecule has 2 heterocycles. The van der Waals surface area contributed by atoms with Gasteiger partial charge in [-0.25, -0.2) is 9.67 Å². The van der Waals surface area contributed by atoms with Gasteiger partial charge in [-0.15, -0.1) is 5.10 Å². The number of pyridine rings is 1. The Balaban J connectivity index is 1.81. The standard InChI is InChI=1S/C19H21N5O2/c1-14(21-15(2)25)12-19-22-18(13-26-17-6-4-3-5-7-17)23-24(19)16-8-10-20-11-9-16/h3-11,14H,12-13H2,1-2H3,(H,21,25)/t14-/m0/s1. The number of nitrogens with one attached hydrogen (secondary N) is 1. The largest absolute Gasteiger partial charge is 0.486 e. The number of benzene rings is 1. The van der Waals surface area contributed by atoms with Crippen molar-refractivity contribution in [2.24, 2.45) is 0 Å². The predicted octanol–water partition coefficient (Wildman–Crippen LogP) is 2.31. The van der Waals surface area contributed by atoms with Gasteiger partial charge in [0.25, 0.3) is 0 Å². The number of rotatable bonds is 7. The van der Waals surface area contributed by atoms with Crippen LogP contribution in [0.4, 0.5) is 0 Å². The van der Waals surface area contributed by atoms with Crippen molar-refractivity contribution in [1.29, 1.82) is 0 Å². The summed E-state index contributed by atoms with van der Waals surface area (Å²) in [7, 11) is 0. The summed E-state index contributed by atoms with van der Waals surface area (Å²) in [5, 5.41) is 7.44. The number of amides is 1. The number of nitrogens with zero attached hydrogens (tertiary/aromatic N) is 4. The molecule has 0 aliphatic carbocycles. The van der Waals surface area contributed by atoms with Gasteiger partial charge in [0.05, 0.1) is 5.69 Å². The summed E-state index contributed by atoms with van der Waals surface area (Å²) in [6.07, 6.45) is 3.97. The molecule has 0 aliphatic rings. The highest BCUT2D eigenvalue weighted by Crippen LogP contribution is 2.14. The quantitative estimate of drug-likeness (QED) is 0.706. The predicted molar refractivity (Wildman–Crippen MR) is 96.9 cm³/mol. The maximum Gasteiger partial charge on any atom is 0.217 e. The molecule has 1 atom stereocenters. The molecule has 0 saturated heterocycles. The van der Waals surface area contributed by atoms with E-state index >= 15 is 0 Å². The lowest BCUT2D eigenvalue weighted by Gasteiger charge is -2.12. The van der Waals surface area contributed by atoms with Crippen molar-refractivity contribution in [2.75, 3.05) is 0 Å². The molecule has 3 aromatic rings. The van der Waals surface area contributed by atoms with Crippen LogP contribution in [0, 0.1) is 0 Å². The van der Waals surface area contributed by atoms with Crippen molar-refractivity contribution in [1.82, 2.24) is 25.1 Å². The van der Waals surface area contributed by atoms with Gasteiger partial charge in [0.1, 0.15) is 18.2 Å². The fraction of sp³-hybridized carbons (Fsp3) is 0.263. The summed E-state index contributed by atoms with van der Waals surface area (Å²) in [5.74, 6) is 2.03. The highest BCUT2D eigenvalue weighted by atomic mass is 16.5. The average molecular weight is 351 g/mol. The molecule has 1 N–H and O–H groups in total. The highest BCUT2D eigenvalue weighted by Gasteiger charge is 2.15. The zero-order valence-electron chi connectivity index (χ0n) is 14.8. The molecule has 0 aliphatic heterocycles. The summed E-state index contributed by atoms with van der Waals surface area (Å²) in [6, 6.07) is 13.2. The van der Waals surface area contributed by atoms with Gasteiger partial charge in [0.15, 0.2) is 5.82 Å². The van der Waals surface area contributed by atoms with Crippen molar-refractivity contribution in [2.45, 2.75) is 32.9 Å². The Morgan fingerprint density at radius 2 is 1.92 bits per heavy atom. The fourth-order valence-electron chi connectivity index (χ4n) is 2.61. The summed E-state index contributed by atoms with van der Waals surface area (Å²) in [4.78, 5) is 19.9. The lowest BCUT2D eigenvalue weighted by atomic mass is 10.2. The first-order chi connectivity index (χ1) is 12.6. The topological polar surface area (TPSA) is 81.9 Å². The Morgan fingerprint density at radius 1 is 1.19 bits per heavy atom.